The van der Waals surface area contributed by atoms with Crippen molar-refractivity contribution in [2.24, 2.45) is 52.5 Å². The highest BCUT2D eigenvalue weighted by Gasteiger charge is 2.19. The zero-order valence-corrected chi connectivity index (χ0v) is 57.0. The fourth-order valence-corrected chi connectivity index (χ4v) is 10.9. The van der Waals surface area contributed by atoms with Gasteiger partial charge in [-0.2, -0.15) is 0 Å². The molecule has 0 atom stereocenters. The van der Waals surface area contributed by atoms with Crippen molar-refractivity contribution in [3.63, 3.8) is 0 Å². The van der Waals surface area contributed by atoms with E-state index in [0.717, 1.165) is 35.4 Å². The molecule has 0 aliphatic rings. The van der Waals surface area contributed by atoms with Crippen LogP contribution in [0.15, 0.2) is 213 Å². The minimum absolute atomic E-state index is 0.0492. The van der Waals surface area contributed by atoms with Crippen LogP contribution in [-0.4, -0.2) is 0 Å². The van der Waals surface area contributed by atoms with E-state index in [0.29, 0.717) is 16.9 Å². The molecule has 5 heterocycles. The molecule has 0 amide bonds. The highest BCUT2D eigenvalue weighted by atomic mass is 14.9. The second-order valence-corrected chi connectivity index (χ2v) is 25.8. The van der Waals surface area contributed by atoms with Crippen LogP contribution >= 0.6 is 0 Å². The summed E-state index contributed by atoms with van der Waals surface area (Å²) in [6.07, 6.45) is 9.79. The highest BCUT2D eigenvalue weighted by Crippen LogP contribution is 2.27. The Morgan fingerprint density at radius 3 is 1.06 bits per heavy atom. The summed E-state index contributed by atoms with van der Waals surface area (Å²) in [4.78, 5) is 0. The van der Waals surface area contributed by atoms with Gasteiger partial charge < -0.3 is 0 Å². The molecule has 0 bridgehead atoms. The Labute approximate surface area is 539 Å². The van der Waals surface area contributed by atoms with Gasteiger partial charge >= 0.3 is 0 Å². The average molecular weight is 1180 g/mol. The van der Waals surface area contributed by atoms with E-state index in [2.05, 4.69) is 249 Å². The Bertz CT molecular complexity index is 4000. The third kappa shape index (κ3) is 20.2. The van der Waals surface area contributed by atoms with Gasteiger partial charge in [0, 0.05) is 93.8 Å². The number of pyridine rings is 5. The van der Waals surface area contributed by atoms with Crippen molar-refractivity contribution in [1.29, 1.82) is 0 Å². The van der Waals surface area contributed by atoms with Crippen molar-refractivity contribution in [2.75, 3.05) is 0 Å². The van der Waals surface area contributed by atoms with Gasteiger partial charge in [-0.1, -0.05) is 160 Å². The lowest BCUT2D eigenvalue weighted by Crippen LogP contribution is -2.31. The van der Waals surface area contributed by atoms with Crippen molar-refractivity contribution < 1.29 is 29.7 Å². The standard InChI is InChI=1S/C18H24N.2C17H22N.C16H20N.C15H18N/c1-14-8-6-7-9-16(14)17-12-15(10-11-19(17)5)13-18(2,3)4;1-13(2)11-15-9-10-18(4)17(12-15)16-8-6-5-7-14(16)3;1-13(2)11-15-9-10-17(18(4)12-15)16-8-6-5-7-14(16)3;1-12(2)14-9-10-16(17(4)11-14)15-8-6-5-7-13(15)3;1-4-13-9-10-15(16(3)11-13)14-8-6-5-7-12(14)2/h6-12H,13H2,1-5H3;2*5-10,12-13H,11H2,1-4H3;5-12H,1-4H3;5-11H,4H2,1-3H3/q5*+1/i;;11D2;12D;4D2. The second-order valence-electron chi connectivity index (χ2n) is 25.8. The SMILES string of the molecule is Cc1ccccc1-c1cc(CC(C)(C)C)cc[n+]1C.Cc1ccccc1-c1cc(CC(C)C)cc[n+]1C.[2H]C(C)(C)c1ccc(-c2ccccc2C)[n+](C)c1.[2H]C([2H])(C)c1ccc(-c2ccccc2C)[n+](C)c1.[2H]C([2H])(c1ccc(-c2ccccc2C)[n+](C)c1)C(C)C. The fraction of sp³-hybridized carbons (Fsp3) is 0.337. The van der Waals surface area contributed by atoms with E-state index >= 15 is 0 Å². The molecule has 0 radical (unpaired) electrons. The zero-order chi connectivity index (χ0) is 68.8. The van der Waals surface area contributed by atoms with E-state index in [1.807, 2.05) is 119 Å². The topological polar surface area (TPSA) is 19.4 Å². The lowest BCUT2D eigenvalue weighted by molar-refractivity contribution is -0.661. The van der Waals surface area contributed by atoms with Crippen molar-refractivity contribution in [3.8, 4) is 56.3 Å². The first-order valence-electron chi connectivity index (χ1n) is 33.8. The van der Waals surface area contributed by atoms with Gasteiger partial charge in [-0.3, -0.25) is 0 Å². The highest BCUT2D eigenvalue weighted by molar-refractivity contribution is 5.64. The molecule has 5 heteroatoms. The summed E-state index contributed by atoms with van der Waals surface area (Å²) in [6, 6.07) is 63.0. The lowest BCUT2D eigenvalue weighted by Gasteiger charge is -2.18. The lowest BCUT2D eigenvalue weighted by atomic mass is 9.88. The number of nitrogens with zero attached hydrogens (tertiary/aromatic N) is 5. The monoisotopic (exact) mass is 1180 g/mol. The minimum Gasteiger partial charge on any atom is -0.201 e. The van der Waals surface area contributed by atoms with Gasteiger partial charge in [-0.25, -0.2) is 22.8 Å². The largest absolute Gasteiger partial charge is 0.212 e. The molecule has 0 N–H and O–H groups in total. The van der Waals surface area contributed by atoms with E-state index in [-0.39, 0.29) is 5.92 Å². The molecule has 0 spiro atoms. The third-order valence-corrected chi connectivity index (χ3v) is 15.6. The predicted molar refractivity (Wildman–Crippen MR) is 373 cm³/mol. The van der Waals surface area contributed by atoms with Crippen molar-refractivity contribution >= 4 is 0 Å². The summed E-state index contributed by atoms with van der Waals surface area (Å²) in [7, 11) is 10.2. The van der Waals surface area contributed by atoms with E-state index in [1.54, 1.807) is 6.92 Å². The van der Waals surface area contributed by atoms with Crippen LogP contribution in [0.5, 0.6) is 0 Å². The molecule has 458 valence electrons. The zero-order valence-electron chi connectivity index (χ0n) is 62.0. The molecule has 0 aliphatic carbocycles. The van der Waals surface area contributed by atoms with Gasteiger partial charge in [0.15, 0.2) is 31.0 Å². The van der Waals surface area contributed by atoms with Gasteiger partial charge in [-0.05, 0) is 171 Å². The van der Waals surface area contributed by atoms with E-state index in [1.165, 1.54) is 83.8 Å². The number of hydrogen-bond acceptors (Lipinski definition) is 0. The number of hydrogen-bond donors (Lipinski definition) is 0. The molecule has 5 aromatic carbocycles. The van der Waals surface area contributed by atoms with Crippen LogP contribution in [0.1, 0.15) is 138 Å². The van der Waals surface area contributed by atoms with Gasteiger partial charge in [0.25, 0.3) is 0 Å². The molecular weight excluding hydrogens is 1070 g/mol. The molecule has 0 fully saturated rings. The van der Waals surface area contributed by atoms with Crippen LogP contribution in [-0.2, 0) is 60.8 Å². The molecular formula is C83H106N5+5. The normalized spacial score (nSPS) is 12.3. The number of benzene rings is 5. The maximum atomic E-state index is 8.19. The van der Waals surface area contributed by atoms with Crippen LogP contribution in [0.2, 0.25) is 0 Å². The van der Waals surface area contributed by atoms with Gasteiger partial charge in [0.2, 0.25) is 28.5 Å². The Morgan fingerprint density at radius 1 is 0.375 bits per heavy atom. The first kappa shape index (κ1) is 61.5. The minimum atomic E-state index is -1.30. The molecule has 0 aliphatic heterocycles. The van der Waals surface area contributed by atoms with E-state index < -0.39 is 18.6 Å². The van der Waals surface area contributed by atoms with Crippen molar-refractivity contribution in [2.45, 2.75) is 135 Å². The van der Waals surface area contributed by atoms with Crippen LogP contribution < -0.4 is 22.8 Å². The second kappa shape index (κ2) is 32.7. The summed E-state index contributed by atoms with van der Waals surface area (Å²) >= 11 is 0. The summed E-state index contributed by atoms with van der Waals surface area (Å²) in [5.41, 5.74) is 24.2. The Kier molecular flexibility index (Phi) is 22.9. The molecule has 10 aromatic rings. The summed E-state index contributed by atoms with van der Waals surface area (Å²) in [6.45, 7) is 31.3. The number of aryl methyl sites for hydroxylation is 11. The summed E-state index contributed by atoms with van der Waals surface area (Å²) in [5.74, 6) is 0.0939. The first-order valence-corrected chi connectivity index (χ1v) is 31.3. The molecule has 5 aromatic heterocycles. The number of rotatable bonds is 12. The average Bonchev–Trinajstić information content (AvgIpc) is 0.931. The van der Waals surface area contributed by atoms with Gasteiger partial charge in [0.1, 0.15) is 35.2 Å². The van der Waals surface area contributed by atoms with E-state index in [9.17, 15) is 0 Å². The summed E-state index contributed by atoms with van der Waals surface area (Å²) < 4.78 is 50.4. The maximum absolute atomic E-state index is 8.19. The Hall–Kier alpha value is -8.15. The first-order chi connectivity index (χ1) is 43.6. The molecule has 0 unspecified atom stereocenters. The Balaban J connectivity index is 0.000000185. The maximum Gasteiger partial charge on any atom is 0.212 e. The molecule has 88 heavy (non-hydrogen) atoms. The van der Waals surface area contributed by atoms with Crippen LogP contribution in [0.25, 0.3) is 56.3 Å². The molecule has 5 nitrogen and oxygen atoms in total. The fourth-order valence-electron chi connectivity index (χ4n) is 10.9. The third-order valence-electron chi connectivity index (χ3n) is 15.6. The van der Waals surface area contributed by atoms with Crippen LogP contribution in [0.3, 0.4) is 0 Å². The van der Waals surface area contributed by atoms with Crippen molar-refractivity contribution in [3.05, 3.63) is 269 Å². The Morgan fingerprint density at radius 2 is 0.716 bits per heavy atom. The molecule has 0 saturated carbocycles. The molecule has 0 saturated heterocycles. The summed E-state index contributed by atoms with van der Waals surface area (Å²) in [5, 5.41) is 0. The van der Waals surface area contributed by atoms with Gasteiger partial charge in [0.05, 0.1) is 0 Å². The van der Waals surface area contributed by atoms with Crippen molar-refractivity contribution in [1.82, 2.24) is 0 Å². The number of aromatic nitrogens is 5. The van der Waals surface area contributed by atoms with Gasteiger partial charge in [-0.15, -0.1) is 0 Å². The van der Waals surface area contributed by atoms with Crippen LogP contribution in [0.4, 0.5) is 0 Å². The molecule has 10 rings (SSSR count). The predicted octanol–water partition coefficient (Wildman–Crippen LogP) is 18.1. The smallest absolute Gasteiger partial charge is 0.201 e. The van der Waals surface area contributed by atoms with Crippen LogP contribution in [0, 0.1) is 51.9 Å². The quantitative estimate of drug-likeness (QED) is 0.109. The van der Waals surface area contributed by atoms with E-state index in [4.69, 9.17) is 6.85 Å².